The third kappa shape index (κ3) is 4.64. The smallest absolute Gasteiger partial charge is 0.412 e. The Bertz CT molecular complexity index is 692. The van der Waals surface area contributed by atoms with Gasteiger partial charge in [-0.3, -0.25) is 4.79 Å². The number of hydrogen-bond donors (Lipinski definition) is 1. The summed E-state index contributed by atoms with van der Waals surface area (Å²) in [6.07, 6.45) is -5.76. The highest BCUT2D eigenvalue weighted by atomic mass is 35.5. The van der Waals surface area contributed by atoms with Crippen LogP contribution >= 0.6 is 11.6 Å². The van der Waals surface area contributed by atoms with E-state index in [0.717, 1.165) is 0 Å². The van der Waals surface area contributed by atoms with Crippen molar-refractivity contribution in [2.45, 2.75) is 25.2 Å². The number of benzene rings is 2. The van der Waals surface area contributed by atoms with Gasteiger partial charge in [0.1, 0.15) is 5.75 Å². The van der Waals surface area contributed by atoms with Gasteiger partial charge in [0.05, 0.1) is 5.02 Å². The number of para-hydroxylation sites is 1. The second-order valence-electron chi connectivity index (χ2n) is 5.08. The maximum Gasteiger partial charge on any atom is 0.412 e. The van der Waals surface area contributed by atoms with Gasteiger partial charge in [-0.2, -0.15) is 13.2 Å². The van der Waals surface area contributed by atoms with Gasteiger partial charge in [0, 0.05) is 0 Å². The van der Waals surface area contributed by atoms with E-state index < -0.39 is 24.2 Å². The van der Waals surface area contributed by atoms with Gasteiger partial charge in [-0.15, -0.1) is 0 Å². The highest BCUT2D eigenvalue weighted by Crippen LogP contribution is 2.32. The number of rotatable bonds is 5. The summed E-state index contributed by atoms with van der Waals surface area (Å²) in [6.45, 7) is 1.36. The molecule has 0 aliphatic carbocycles. The SMILES string of the molecule is CC(Oc1ccccc1Cl)C(=O)NC(c1ccccc1)C(F)(F)F. The van der Waals surface area contributed by atoms with E-state index in [9.17, 15) is 18.0 Å². The summed E-state index contributed by atoms with van der Waals surface area (Å²) in [7, 11) is 0. The molecule has 0 spiro atoms. The first-order chi connectivity index (χ1) is 11.3. The lowest BCUT2D eigenvalue weighted by atomic mass is 10.1. The number of halogens is 4. The van der Waals surface area contributed by atoms with E-state index in [2.05, 4.69) is 0 Å². The van der Waals surface area contributed by atoms with Crippen molar-refractivity contribution < 1.29 is 22.7 Å². The highest BCUT2D eigenvalue weighted by Gasteiger charge is 2.42. The molecule has 0 aromatic heterocycles. The molecule has 0 bridgehead atoms. The summed E-state index contributed by atoms with van der Waals surface area (Å²) in [4.78, 5) is 12.1. The second-order valence-corrected chi connectivity index (χ2v) is 5.49. The van der Waals surface area contributed by atoms with Crippen molar-refractivity contribution in [1.82, 2.24) is 5.32 Å². The van der Waals surface area contributed by atoms with Gasteiger partial charge in [0.2, 0.25) is 0 Å². The molecule has 0 heterocycles. The number of carbonyl (C=O) groups excluding carboxylic acids is 1. The molecule has 0 aliphatic rings. The molecule has 0 aliphatic heterocycles. The van der Waals surface area contributed by atoms with Crippen molar-refractivity contribution in [2.75, 3.05) is 0 Å². The fourth-order valence-electron chi connectivity index (χ4n) is 2.04. The van der Waals surface area contributed by atoms with E-state index in [1.807, 2.05) is 5.32 Å². The molecule has 2 rings (SSSR count). The molecular weight excluding hydrogens is 343 g/mol. The third-order valence-electron chi connectivity index (χ3n) is 3.26. The first kappa shape index (κ1) is 18.1. The van der Waals surface area contributed by atoms with Gasteiger partial charge in [-0.25, -0.2) is 0 Å². The zero-order chi connectivity index (χ0) is 17.7. The minimum atomic E-state index is -4.62. The molecule has 1 N–H and O–H groups in total. The zero-order valence-corrected chi connectivity index (χ0v) is 13.4. The van der Waals surface area contributed by atoms with E-state index in [0.29, 0.717) is 0 Å². The molecule has 2 aromatic carbocycles. The van der Waals surface area contributed by atoms with Crippen LogP contribution in [0.25, 0.3) is 0 Å². The number of amides is 1. The molecular formula is C17H15ClF3NO2. The Hall–Kier alpha value is -2.21. The summed E-state index contributed by atoms with van der Waals surface area (Å²) in [5.41, 5.74) is -0.0525. The number of hydrogen-bond acceptors (Lipinski definition) is 2. The lowest BCUT2D eigenvalue weighted by Gasteiger charge is -2.24. The zero-order valence-electron chi connectivity index (χ0n) is 12.7. The van der Waals surface area contributed by atoms with Gasteiger partial charge in [0.25, 0.3) is 5.91 Å². The predicted octanol–water partition coefficient (Wildman–Crippen LogP) is 4.53. The van der Waals surface area contributed by atoms with Crippen LogP contribution in [0.5, 0.6) is 5.75 Å². The van der Waals surface area contributed by atoms with Crippen molar-refractivity contribution in [3.8, 4) is 5.75 Å². The van der Waals surface area contributed by atoms with Crippen LogP contribution in [0.2, 0.25) is 5.02 Å². The lowest BCUT2D eigenvalue weighted by molar-refractivity contribution is -0.165. The molecule has 24 heavy (non-hydrogen) atoms. The van der Waals surface area contributed by atoms with Crippen molar-refractivity contribution >= 4 is 17.5 Å². The molecule has 128 valence electrons. The quantitative estimate of drug-likeness (QED) is 0.854. The van der Waals surface area contributed by atoms with Crippen LogP contribution in [0, 0.1) is 0 Å². The molecule has 2 aromatic rings. The van der Waals surface area contributed by atoms with Crippen LogP contribution < -0.4 is 10.1 Å². The molecule has 3 nitrogen and oxygen atoms in total. The van der Waals surface area contributed by atoms with Gasteiger partial charge in [-0.1, -0.05) is 54.1 Å². The number of ether oxygens (including phenoxy) is 1. The largest absolute Gasteiger partial charge is 0.479 e. The van der Waals surface area contributed by atoms with Crippen molar-refractivity contribution in [1.29, 1.82) is 0 Å². The van der Waals surface area contributed by atoms with Gasteiger partial charge in [0.15, 0.2) is 12.1 Å². The van der Waals surface area contributed by atoms with E-state index in [1.165, 1.54) is 37.3 Å². The van der Waals surface area contributed by atoms with Crippen molar-refractivity contribution in [2.24, 2.45) is 0 Å². The predicted molar refractivity (Wildman–Crippen MR) is 84.9 cm³/mol. The normalized spacial score (nSPS) is 13.9. The average Bonchev–Trinajstić information content (AvgIpc) is 2.54. The maximum atomic E-state index is 13.2. The number of nitrogens with one attached hydrogen (secondary N) is 1. The standard InChI is InChI=1S/C17H15ClF3NO2/c1-11(24-14-10-6-5-9-13(14)18)16(23)22-15(17(19,20)21)12-7-3-2-4-8-12/h2-11,15H,1H3,(H,22,23). The molecule has 0 saturated carbocycles. The molecule has 0 fully saturated rings. The van der Waals surface area contributed by atoms with Gasteiger partial charge in [-0.05, 0) is 24.6 Å². The lowest BCUT2D eigenvalue weighted by Crippen LogP contribution is -2.43. The molecule has 2 unspecified atom stereocenters. The monoisotopic (exact) mass is 357 g/mol. The first-order valence-electron chi connectivity index (χ1n) is 7.12. The molecule has 0 saturated heterocycles. The highest BCUT2D eigenvalue weighted by molar-refractivity contribution is 6.32. The Balaban J connectivity index is 2.12. The fourth-order valence-corrected chi connectivity index (χ4v) is 2.22. The van der Waals surface area contributed by atoms with Crippen molar-refractivity contribution in [3.05, 3.63) is 65.2 Å². The van der Waals surface area contributed by atoms with E-state index in [1.54, 1.807) is 24.3 Å². The molecule has 7 heteroatoms. The van der Waals surface area contributed by atoms with Crippen LogP contribution in [0.1, 0.15) is 18.5 Å². The average molecular weight is 358 g/mol. The summed E-state index contributed by atoms with van der Waals surface area (Å²) in [6, 6.07) is 11.5. The third-order valence-corrected chi connectivity index (χ3v) is 3.57. The maximum absolute atomic E-state index is 13.2. The Morgan fingerprint density at radius 3 is 2.25 bits per heavy atom. The van der Waals surface area contributed by atoms with Crippen LogP contribution in [0.3, 0.4) is 0 Å². The molecule has 1 amide bonds. The Morgan fingerprint density at radius 1 is 1.08 bits per heavy atom. The Morgan fingerprint density at radius 2 is 1.67 bits per heavy atom. The van der Waals surface area contributed by atoms with Gasteiger partial charge < -0.3 is 10.1 Å². The summed E-state index contributed by atoms with van der Waals surface area (Å²) < 4.78 is 45.1. The number of alkyl halides is 3. The Labute approximate surface area is 142 Å². The first-order valence-corrected chi connectivity index (χ1v) is 7.50. The van der Waals surface area contributed by atoms with E-state index in [-0.39, 0.29) is 16.3 Å². The molecule has 0 radical (unpaired) electrons. The fraction of sp³-hybridized carbons (Fsp3) is 0.235. The van der Waals surface area contributed by atoms with E-state index >= 15 is 0 Å². The van der Waals surface area contributed by atoms with Crippen LogP contribution in [-0.4, -0.2) is 18.2 Å². The Kier molecular flexibility index (Phi) is 5.72. The summed E-state index contributed by atoms with van der Waals surface area (Å²) in [5, 5.41) is 2.25. The van der Waals surface area contributed by atoms with Crippen LogP contribution in [0.4, 0.5) is 13.2 Å². The van der Waals surface area contributed by atoms with Crippen LogP contribution in [-0.2, 0) is 4.79 Å². The summed E-state index contributed by atoms with van der Waals surface area (Å²) in [5.74, 6) is -0.661. The van der Waals surface area contributed by atoms with Crippen LogP contribution in [0.15, 0.2) is 54.6 Å². The topological polar surface area (TPSA) is 38.3 Å². The van der Waals surface area contributed by atoms with Gasteiger partial charge >= 0.3 is 6.18 Å². The minimum Gasteiger partial charge on any atom is -0.479 e. The second kappa shape index (κ2) is 7.57. The summed E-state index contributed by atoms with van der Waals surface area (Å²) >= 11 is 5.91. The molecule has 2 atom stereocenters. The van der Waals surface area contributed by atoms with E-state index in [4.69, 9.17) is 16.3 Å². The van der Waals surface area contributed by atoms with Crippen molar-refractivity contribution in [3.63, 3.8) is 0 Å². The minimum absolute atomic E-state index is 0.0525. The number of carbonyl (C=O) groups is 1.